The summed E-state index contributed by atoms with van der Waals surface area (Å²) in [6.07, 6.45) is 5.73. The predicted octanol–water partition coefficient (Wildman–Crippen LogP) is 3.55. The highest BCUT2D eigenvalue weighted by molar-refractivity contribution is 7.91. The number of nitrogens with zero attached hydrogens (tertiary/aromatic N) is 4. The predicted molar refractivity (Wildman–Crippen MR) is 127 cm³/mol. The van der Waals surface area contributed by atoms with Gasteiger partial charge in [0, 0.05) is 17.8 Å². The summed E-state index contributed by atoms with van der Waals surface area (Å²) >= 11 is 0. The molecular formula is C23H26N6O4S. The number of carbonyl (C=O) groups excluding carboxylic acids is 1. The molecule has 0 fully saturated rings. The Balaban J connectivity index is 1.52. The standard InChI is InChI=1S/C23H26N6O4S/c1-23(2)13-29-21(33-23)18(12-26-29)34(24,31)28-22(30)27-20-16-6-4-5-14(16)7-8-17(20)15-9-10-25-19(11-15)32-3/h7-12H,4-6,13H2,1-3H3,(H3,24,27,28,30,31)/t34-/m1/s1. The van der Waals surface area contributed by atoms with Crippen LogP contribution in [-0.4, -0.2) is 37.7 Å². The summed E-state index contributed by atoms with van der Waals surface area (Å²) in [6.45, 7) is 4.26. The Morgan fingerprint density at radius 1 is 1.32 bits per heavy atom. The van der Waals surface area contributed by atoms with E-state index >= 15 is 0 Å². The number of methoxy groups -OCH3 is 1. The van der Waals surface area contributed by atoms with Gasteiger partial charge in [0.15, 0.2) is 9.92 Å². The van der Waals surface area contributed by atoms with Crippen LogP contribution >= 0.6 is 0 Å². The van der Waals surface area contributed by atoms with Gasteiger partial charge in [-0.25, -0.2) is 23.8 Å². The van der Waals surface area contributed by atoms with E-state index in [2.05, 4.69) is 25.8 Å². The average molecular weight is 483 g/mol. The van der Waals surface area contributed by atoms with Gasteiger partial charge in [-0.1, -0.05) is 12.1 Å². The van der Waals surface area contributed by atoms with E-state index in [1.54, 1.807) is 24.1 Å². The number of nitrogens with two attached hydrogens (primary N) is 1. The maximum atomic E-state index is 13.3. The Morgan fingerprint density at radius 3 is 2.94 bits per heavy atom. The van der Waals surface area contributed by atoms with Crippen molar-refractivity contribution in [2.45, 2.75) is 50.2 Å². The third kappa shape index (κ3) is 4.01. The van der Waals surface area contributed by atoms with Gasteiger partial charge in [-0.2, -0.15) is 5.10 Å². The number of pyridine rings is 1. The molecule has 11 heteroatoms. The number of hydrogen-bond donors (Lipinski definition) is 2. The fourth-order valence-electron chi connectivity index (χ4n) is 4.47. The first-order chi connectivity index (χ1) is 16.2. The van der Waals surface area contributed by atoms with Gasteiger partial charge in [0.05, 0.1) is 25.5 Å². The smallest absolute Gasteiger partial charge is 0.354 e. The number of nitrogens with one attached hydrogen (secondary N) is 1. The Labute approximate surface area is 197 Å². The lowest BCUT2D eigenvalue weighted by molar-refractivity contribution is 0.132. The first-order valence-corrected chi connectivity index (χ1v) is 12.5. The van der Waals surface area contributed by atoms with Crippen LogP contribution in [0.2, 0.25) is 0 Å². The van der Waals surface area contributed by atoms with Crippen molar-refractivity contribution < 1.29 is 18.5 Å². The van der Waals surface area contributed by atoms with Gasteiger partial charge >= 0.3 is 6.03 Å². The van der Waals surface area contributed by atoms with E-state index in [1.165, 1.54) is 11.8 Å². The van der Waals surface area contributed by atoms with Crippen molar-refractivity contribution in [1.29, 1.82) is 0 Å². The van der Waals surface area contributed by atoms with E-state index in [4.69, 9.17) is 14.6 Å². The molecule has 5 rings (SSSR count). The summed E-state index contributed by atoms with van der Waals surface area (Å²) in [5.74, 6) is 0.738. The maximum absolute atomic E-state index is 13.3. The van der Waals surface area contributed by atoms with Gasteiger partial charge < -0.3 is 14.8 Å². The lowest BCUT2D eigenvalue weighted by atomic mass is 9.98. The second-order valence-electron chi connectivity index (χ2n) is 8.99. The maximum Gasteiger partial charge on any atom is 0.354 e. The molecule has 0 saturated carbocycles. The molecule has 2 aliphatic rings. The molecule has 0 bridgehead atoms. The number of amides is 2. The highest BCUT2D eigenvalue weighted by Gasteiger charge is 2.35. The van der Waals surface area contributed by atoms with Gasteiger partial charge in [0.1, 0.15) is 10.5 Å². The summed E-state index contributed by atoms with van der Waals surface area (Å²) < 4.78 is 29.8. The van der Waals surface area contributed by atoms with Crippen molar-refractivity contribution in [1.82, 2.24) is 14.8 Å². The van der Waals surface area contributed by atoms with Crippen LogP contribution in [0.5, 0.6) is 11.8 Å². The number of aromatic nitrogens is 3. The molecule has 0 spiro atoms. The van der Waals surface area contributed by atoms with E-state index in [9.17, 15) is 9.00 Å². The summed E-state index contributed by atoms with van der Waals surface area (Å²) in [7, 11) is -2.04. The molecule has 0 unspecified atom stereocenters. The van der Waals surface area contributed by atoms with E-state index < -0.39 is 21.5 Å². The zero-order valence-electron chi connectivity index (χ0n) is 19.2. The van der Waals surface area contributed by atoms with E-state index in [0.29, 0.717) is 18.1 Å². The molecule has 1 aliphatic carbocycles. The van der Waals surface area contributed by atoms with Gasteiger partial charge in [0.25, 0.3) is 0 Å². The summed E-state index contributed by atoms with van der Waals surface area (Å²) in [4.78, 5) is 17.3. The van der Waals surface area contributed by atoms with Crippen LogP contribution in [0.3, 0.4) is 0 Å². The first kappa shape index (κ1) is 22.4. The second kappa shape index (κ2) is 8.10. The zero-order chi connectivity index (χ0) is 24.1. The van der Waals surface area contributed by atoms with Crippen LogP contribution < -0.4 is 19.9 Å². The number of hydrogen-bond acceptors (Lipinski definition) is 6. The second-order valence-corrected chi connectivity index (χ2v) is 10.7. The highest BCUT2D eigenvalue weighted by Crippen LogP contribution is 2.39. The number of benzene rings is 1. The third-order valence-electron chi connectivity index (χ3n) is 5.97. The molecule has 3 aromatic rings. The number of urea groups is 1. The lowest BCUT2D eigenvalue weighted by Gasteiger charge is -2.16. The minimum atomic E-state index is -3.59. The van der Waals surface area contributed by atoms with E-state index in [1.807, 2.05) is 26.0 Å². The van der Waals surface area contributed by atoms with Gasteiger partial charge in [-0.05, 0) is 55.9 Å². The number of rotatable bonds is 4. The molecule has 2 aromatic heterocycles. The largest absolute Gasteiger partial charge is 0.481 e. The van der Waals surface area contributed by atoms with Crippen molar-refractivity contribution >= 4 is 21.6 Å². The van der Waals surface area contributed by atoms with Gasteiger partial charge in [0.2, 0.25) is 11.8 Å². The van der Waals surface area contributed by atoms with Gasteiger partial charge in [-0.15, -0.1) is 4.36 Å². The molecule has 1 aromatic carbocycles. The van der Waals surface area contributed by atoms with Crippen LogP contribution in [-0.2, 0) is 29.3 Å². The SMILES string of the molecule is COc1cc(-c2ccc3c(c2NC(=O)N=[S@@](N)(=O)c2cnn4c2OC(C)(C)C4)CCC3)ccn1. The normalized spacial score (nSPS) is 17.3. The Hall–Kier alpha value is -3.44. The number of anilines is 1. The molecular weight excluding hydrogens is 456 g/mol. The third-order valence-corrected chi connectivity index (χ3v) is 7.31. The fourth-order valence-corrected chi connectivity index (χ4v) is 5.45. The average Bonchev–Trinajstić information content (AvgIpc) is 3.47. The van der Waals surface area contributed by atoms with Crippen LogP contribution in [0, 0.1) is 0 Å². The molecule has 0 saturated heterocycles. The quantitative estimate of drug-likeness (QED) is 0.584. The number of carbonyl (C=O) groups is 1. The van der Waals surface area contributed by atoms with E-state index in [0.717, 1.165) is 36.0 Å². The van der Waals surface area contributed by atoms with Crippen molar-refractivity contribution in [3.8, 4) is 22.9 Å². The van der Waals surface area contributed by atoms with E-state index in [-0.39, 0.29) is 10.8 Å². The van der Waals surface area contributed by atoms with Gasteiger partial charge in [-0.3, -0.25) is 0 Å². The summed E-state index contributed by atoms with van der Waals surface area (Å²) in [6, 6.07) is 6.86. The molecule has 2 amide bonds. The minimum absolute atomic E-state index is 0.102. The Bertz CT molecular complexity index is 1420. The van der Waals surface area contributed by atoms with Crippen LogP contribution in [0.25, 0.3) is 11.1 Å². The molecule has 3 heterocycles. The lowest BCUT2D eigenvalue weighted by Crippen LogP contribution is -2.27. The van der Waals surface area contributed by atoms with Crippen LogP contribution in [0.1, 0.15) is 31.4 Å². The molecule has 3 N–H and O–H groups in total. The Kier molecular flexibility index (Phi) is 5.33. The Morgan fingerprint density at radius 2 is 2.15 bits per heavy atom. The fraction of sp³-hybridized carbons (Fsp3) is 0.348. The van der Waals surface area contributed by atoms with Crippen LogP contribution in [0.4, 0.5) is 10.5 Å². The van der Waals surface area contributed by atoms with Crippen molar-refractivity contribution in [2.24, 2.45) is 9.50 Å². The summed E-state index contributed by atoms with van der Waals surface area (Å²) in [5, 5.41) is 13.1. The number of aryl methyl sites for hydroxylation is 1. The number of ether oxygens (including phenoxy) is 2. The first-order valence-electron chi connectivity index (χ1n) is 10.9. The molecule has 0 radical (unpaired) electrons. The molecule has 178 valence electrons. The minimum Gasteiger partial charge on any atom is -0.481 e. The topological polar surface area (TPSA) is 134 Å². The molecule has 10 nitrogen and oxygen atoms in total. The molecule has 1 aliphatic heterocycles. The number of fused-ring (bicyclic) bond motifs is 2. The monoisotopic (exact) mass is 482 g/mol. The van der Waals surface area contributed by atoms with Crippen molar-refractivity contribution in [3.63, 3.8) is 0 Å². The van der Waals surface area contributed by atoms with Crippen molar-refractivity contribution in [3.05, 3.63) is 47.8 Å². The zero-order valence-corrected chi connectivity index (χ0v) is 20.0. The van der Waals surface area contributed by atoms with Crippen molar-refractivity contribution in [2.75, 3.05) is 12.4 Å². The molecule has 34 heavy (non-hydrogen) atoms. The molecule has 1 atom stereocenters. The highest BCUT2D eigenvalue weighted by atomic mass is 32.2. The summed E-state index contributed by atoms with van der Waals surface area (Å²) in [5.41, 5.74) is 3.95. The van der Waals surface area contributed by atoms with Crippen LogP contribution in [0.15, 0.2) is 45.9 Å².